The van der Waals surface area contributed by atoms with Gasteiger partial charge in [0.25, 0.3) is 0 Å². The van der Waals surface area contributed by atoms with Crippen LogP contribution in [0.5, 0.6) is 0 Å². The van der Waals surface area contributed by atoms with Crippen LogP contribution in [0.2, 0.25) is 5.15 Å². The molecule has 0 aliphatic carbocycles. The highest BCUT2D eigenvalue weighted by molar-refractivity contribution is 6.29. The van der Waals surface area contributed by atoms with Crippen molar-refractivity contribution in [3.8, 4) is 0 Å². The Balaban J connectivity index is 2.32. The molecule has 0 unspecified atom stereocenters. The van der Waals surface area contributed by atoms with Crippen LogP contribution in [0.15, 0.2) is 28.9 Å². The van der Waals surface area contributed by atoms with Crippen LogP contribution in [-0.2, 0) is 12.7 Å². The monoisotopic (exact) mass is 305 g/mol. The number of furan rings is 1. The third-order valence-corrected chi connectivity index (χ3v) is 2.76. The van der Waals surface area contributed by atoms with Crippen LogP contribution in [0.1, 0.15) is 18.5 Å². The van der Waals surface area contributed by atoms with Crippen LogP contribution < -0.4 is 4.90 Å². The van der Waals surface area contributed by atoms with E-state index >= 15 is 0 Å². The van der Waals surface area contributed by atoms with Crippen LogP contribution in [-0.4, -0.2) is 16.5 Å². The molecule has 108 valence electrons. The molecule has 0 aliphatic heterocycles. The molecule has 0 aliphatic rings. The van der Waals surface area contributed by atoms with E-state index in [1.165, 1.54) is 12.3 Å². The highest BCUT2D eigenvalue weighted by atomic mass is 35.5. The van der Waals surface area contributed by atoms with Crippen molar-refractivity contribution < 1.29 is 17.6 Å². The van der Waals surface area contributed by atoms with Crippen molar-refractivity contribution in [2.75, 3.05) is 11.4 Å². The summed E-state index contributed by atoms with van der Waals surface area (Å²) in [7, 11) is 0. The maximum Gasteiger partial charge on any atom is 0.451 e. The smallest absolute Gasteiger partial charge is 0.451 e. The zero-order chi connectivity index (χ0) is 14.8. The molecule has 4 nitrogen and oxygen atoms in total. The van der Waals surface area contributed by atoms with Crippen LogP contribution in [0.4, 0.5) is 19.0 Å². The van der Waals surface area contributed by atoms with Gasteiger partial charge in [0.1, 0.15) is 16.7 Å². The molecule has 0 amide bonds. The van der Waals surface area contributed by atoms with Crippen LogP contribution in [0, 0.1) is 0 Å². The summed E-state index contributed by atoms with van der Waals surface area (Å²) in [6.07, 6.45) is -3.14. The standard InChI is InChI=1S/C12H11ClF3N3O/c1-2-19(7-8-4-3-5-20-8)10-6-9(13)17-11(18-10)12(14,15)16/h3-6H,2,7H2,1H3. The second-order valence-corrected chi connectivity index (χ2v) is 4.35. The molecule has 0 fully saturated rings. The van der Waals surface area contributed by atoms with Gasteiger partial charge in [-0.2, -0.15) is 13.2 Å². The Morgan fingerprint density at radius 2 is 2.10 bits per heavy atom. The number of nitrogens with zero attached hydrogens (tertiary/aromatic N) is 3. The average Bonchev–Trinajstić information content (AvgIpc) is 2.87. The second kappa shape index (κ2) is 5.70. The summed E-state index contributed by atoms with van der Waals surface area (Å²) < 4.78 is 43.2. The first kappa shape index (κ1) is 14.6. The van der Waals surface area contributed by atoms with Crippen molar-refractivity contribution in [1.29, 1.82) is 0 Å². The maximum atomic E-state index is 12.7. The molecule has 2 rings (SSSR count). The van der Waals surface area contributed by atoms with Crippen molar-refractivity contribution in [2.45, 2.75) is 19.6 Å². The molecule has 0 spiro atoms. The first-order valence-electron chi connectivity index (χ1n) is 5.79. The molecule has 0 saturated heterocycles. The van der Waals surface area contributed by atoms with Crippen LogP contribution in [0.25, 0.3) is 0 Å². The summed E-state index contributed by atoms with van der Waals surface area (Å²) in [6, 6.07) is 4.73. The summed E-state index contributed by atoms with van der Waals surface area (Å²) in [5, 5.41) is -0.250. The molecule has 20 heavy (non-hydrogen) atoms. The van der Waals surface area contributed by atoms with Gasteiger partial charge in [-0.3, -0.25) is 0 Å². The molecule has 0 bridgehead atoms. The summed E-state index contributed by atoms with van der Waals surface area (Å²) in [5.74, 6) is -0.524. The first-order valence-corrected chi connectivity index (χ1v) is 6.17. The van der Waals surface area contributed by atoms with Gasteiger partial charge in [0.05, 0.1) is 12.8 Å². The lowest BCUT2D eigenvalue weighted by molar-refractivity contribution is -0.144. The lowest BCUT2D eigenvalue weighted by Crippen LogP contribution is -2.24. The molecule has 0 N–H and O–H groups in total. The molecule has 2 aromatic rings. The van der Waals surface area contributed by atoms with E-state index in [0.29, 0.717) is 18.8 Å². The Kier molecular flexibility index (Phi) is 4.17. The number of halogens is 4. The van der Waals surface area contributed by atoms with Gasteiger partial charge >= 0.3 is 6.18 Å². The van der Waals surface area contributed by atoms with Gasteiger partial charge in [0.15, 0.2) is 0 Å². The molecular weight excluding hydrogens is 295 g/mol. The summed E-state index contributed by atoms with van der Waals surface area (Å²) >= 11 is 5.64. The SMILES string of the molecule is CCN(Cc1ccco1)c1cc(Cl)nc(C(F)(F)F)n1. The van der Waals surface area contributed by atoms with Crippen molar-refractivity contribution in [1.82, 2.24) is 9.97 Å². The Morgan fingerprint density at radius 1 is 1.35 bits per heavy atom. The Labute approximate surface area is 118 Å². The highest BCUT2D eigenvalue weighted by Gasteiger charge is 2.35. The molecule has 0 radical (unpaired) electrons. The van der Waals surface area contributed by atoms with Gasteiger partial charge in [-0.05, 0) is 19.1 Å². The second-order valence-electron chi connectivity index (χ2n) is 3.96. The molecule has 2 heterocycles. The fourth-order valence-corrected chi connectivity index (χ4v) is 1.82. The lowest BCUT2D eigenvalue weighted by atomic mass is 10.3. The molecular formula is C12H11ClF3N3O. The van der Waals surface area contributed by atoms with E-state index in [9.17, 15) is 13.2 Å². The van der Waals surface area contributed by atoms with Crippen molar-refractivity contribution in [2.24, 2.45) is 0 Å². The topological polar surface area (TPSA) is 42.2 Å². The zero-order valence-electron chi connectivity index (χ0n) is 10.5. The van der Waals surface area contributed by atoms with Gasteiger partial charge in [0.2, 0.25) is 5.82 Å². The minimum Gasteiger partial charge on any atom is -0.467 e. The zero-order valence-corrected chi connectivity index (χ0v) is 11.2. The molecule has 2 aromatic heterocycles. The van der Waals surface area contributed by atoms with E-state index in [1.807, 2.05) is 0 Å². The predicted molar refractivity (Wildman–Crippen MR) is 67.5 cm³/mol. The van der Waals surface area contributed by atoms with Crippen molar-refractivity contribution in [3.63, 3.8) is 0 Å². The van der Waals surface area contributed by atoms with Gasteiger partial charge in [0, 0.05) is 12.6 Å². The molecule has 0 aromatic carbocycles. The van der Waals surface area contributed by atoms with Gasteiger partial charge in [-0.25, -0.2) is 9.97 Å². The van der Waals surface area contributed by atoms with E-state index in [0.717, 1.165) is 0 Å². The first-order chi connectivity index (χ1) is 9.40. The third kappa shape index (κ3) is 3.41. The van der Waals surface area contributed by atoms with Gasteiger partial charge < -0.3 is 9.32 Å². The third-order valence-electron chi connectivity index (χ3n) is 2.57. The normalized spacial score (nSPS) is 11.7. The number of rotatable bonds is 4. The van der Waals surface area contributed by atoms with Gasteiger partial charge in [-0.1, -0.05) is 11.6 Å². The number of alkyl halides is 3. The predicted octanol–water partition coefficient (Wildman–Crippen LogP) is 3.77. The highest BCUT2D eigenvalue weighted by Crippen LogP contribution is 2.29. The summed E-state index contributed by atoms with van der Waals surface area (Å²) in [6.45, 7) is 2.55. The Hall–Kier alpha value is -1.76. The summed E-state index contributed by atoms with van der Waals surface area (Å²) in [4.78, 5) is 8.33. The number of hydrogen-bond acceptors (Lipinski definition) is 4. The quantitative estimate of drug-likeness (QED) is 0.806. The van der Waals surface area contributed by atoms with E-state index in [1.54, 1.807) is 24.0 Å². The fourth-order valence-electron chi connectivity index (χ4n) is 1.64. The molecule has 0 saturated carbocycles. The Bertz CT molecular complexity index is 572. The largest absolute Gasteiger partial charge is 0.467 e. The van der Waals surface area contributed by atoms with Crippen LogP contribution >= 0.6 is 11.6 Å². The van der Waals surface area contributed by atoms with Gasteiger partial charge in [-0.15, -0.1) is 0 Å². The molecule has 0 atom stereocenters. The van der Waals surface area contributed by atoms with E-state index in [2.05, 4.69) is 9.97 Å². The van der Waals surface area contributed by atoms with E-state index in [-0.39, 0.29) is 11.0 Å². The molecule has 8 heteroatoms. The number of hydrogen-bond donors (Lipinski definition) is 0. The number of aromatic nitrogens is 2. The van der Waals surface area contributed by atoms with Crippen molar-refractivity contribution >= 4 is 17.4 Å². The fraction of sp³-hybridized carbons (Fsp3) is 0.333. The van der Waals surface area contributed by atoms with Crippen LogP contribution in [0.3, 0.4) is 0 Å². The average molecular weight is 306 g/mol. The van der Waals surface area contributed by atoms with E-state index in [4.69, 9.17) is 16.0 Å². The van der Waals surface area contributed by atoms with E-state index < -0.39 is 12.0 Å². The summed E-state index contributed by atoms with van der Waals surface area (Å²) in [5.41, 5.74) is 0. The van der Waals surface area contributed by atoms with Crippen molar-refractivity contribution in [3.05, 3.63) is 41.2 Å². The minimum absolute atomic E-state index is 0.108. The minimum atomic E-state index is -4.64. The lowest BCUT2D eigenvalue weighted by Gasteiger charge is -2.21. The Morgan fingerprint density at radius 3 is 2.65 bits per heavy atom. The maximum absolute atomic E-state index is 12.7. The number of anilines is 1.